The highest BCUT2D eigenvalue weighted by molar-refractivity contribution is 6.31. The number of rotatable bonds is 4. The molecule has 0 spiro atoms. The lowest BCUT2D eigenvalue weighted by atomic mass is 9.95. The standard InChI is InChI=1S/C14H18Cl2FN/c15-7-6-11-3-2-8-18(9-11)10-12-4-1-5-13(17)14(12)16/h1,4-5,11H,2-3,6-10H2. The molecule has 1 aliphatic rings. The zero-order valence-electron chi connectivity index (χ0n) is 10.3. The lowest BCUT2D eigenvalue weighted by Crippen LogP contribution is -2.35. The van der Waals surface area contributed by atoms with Gasteiger partial charge in [-0.25, -0.2) is 4.39 Å². The molecule has 1 unspecified atom stereocenters. The molecule has 100 valence electrons. The smallest absolute Gasteiger partial charge is 0.142 e. The molecule has 0 aromatic heterocycles. The SMILES string of the molecule is Fc1cccc(CN2CCCC(CCCl)C2)c1Cl. The third kappa shape index (κ3) is 3.59. The van der Waals surface area contributed by atoms with Gasteiger partial charge in [-0.15, -0.1) is 11.6 Å². The molecule has 1 aliphatic heterocycles. The van der Waals surface area contributed by atoms with Crippen molar-refractivity contribution >= 4 is 23.2 Å². The molecule has 0 N–H and O–H groups in total. The summed E-state index contributed by atoms with van der Waals surface area (Å²) in [6, 6.07) is 5.02. The Labute approximate surface area is 118 Å². The fourth-order valence-corrected chi connectivity index (χ4v) is 3.09. The predicted octanol–water partition coefficient (Wildman–Crippen LogP) is 4.32. The molecule has 1 heterocycles. The highest BCUT2D eigenvalue weighted by atomic mass is 35.5. The van der Waals surface area contributed by atoms with Crippen LogP contribution in [0.2, 0.25) is 5.02 Å². The van der Waals surface area contributed by atoms with Crippen molar-refractivity contribution in [3.05, 3.63) is 34.6 Å². The first-order valence-corrected chi connectivity index (χ1v) is 7.33. The largest absolute Gasteiger partial charge is 0.299 e. The summed E-state index contributed by atoms with van der Waals surface area (Å²) in [5.41, 5.74) is 0.878. The van der Waals surface area contributed by atoms with Crippen molar-refractivity contribution in [2.75, 3.05) is 19.0 Å². The Morgan fingerprint density at radius 2 is 2.22 bits per heavy atom. The summed E-state index contributed by atoms with van der Waals surface area (Å²) < 4.78 is 13.4. The Bertz CT molecular complexity index is 395. The quantitative estimate of drug-likeness (QED) is 0.746. The Morgan fingerprint density at radius 3 is 3.00 bits per heavy atom. The number of likely N-dealkylation sites (tertiary alicyclic amines) is 1. The summed E-state index contributed by atoms with van der Waals surface area (Å²) in [5.74, 6) is 1.06. The summed E-state index contributed by atoms with van der Waals surface area (Å²) >= 11 is 11.8. The van der Waals surface area contributed by atoms with Crippen LogP contribution in [0, 0.1) is 11.7 Å². The molecule has 1 aromatic rings. The van der Waals surface area contributed by atoms with Crippen LogP contribution in [0.3, 0.4) is 0 Å². The van der Waals surface area contributed by atoms with E-state index in [9.17, 15) is 4.39 Å². The van der Waals surface area contributed by atoms with Crippen molar-refractivity contribution in [1.82, 2.24) is 4.90 Å². The van der Waals surface area contributed by atoms with Crippen LogP contribution < -0.4 is 0 Å². The van der Waals surface area contributed by atoms with Crippen LogP contribution in [0.5, 0.6) is 0 Å². The van der Waals surface area contributed by atoms with Gasteiger partial charge in [0, 0.05) is 19.0 Å². The number of hydrogen-bond donors (Lipinski definition) is 0. The van der Waals surface area contributed by atoms with Gasteiger partial charge in [-0.05, 0) is 43.4 Å². The van der Waals surface area contributed by atoms with E-state index in [-0.39, 0.29) is 10.8 Å². The predicted molar refractivity (Wildman–Crippen MR) is 74.7 cm³/mol. The minimum absolute atomic E-state index is 0.261. The molecule has 0 bridgehead atoms. The van der Waals surface area contributed by atoms with Crippen molar-refractivity contribution in [3.63, 3.8) is 0 Å². The second kappa shape index (κ2) is 6.74. The number of benzene rings is 1. The average Bonchev–Trinajstić information content (AvgIpc) is 2.36. The average molecular weight is 290 g/mol. The Kier molecular flexibility index (Phi) is 5.28. The molecule has 1 aromatic carbocycles. The fourth-order valence-electron chi connectivity index (χ4n) is 2.60. The first-order valence-electron chi connectivity index (χ1n) is 6.42. The third-order valence-electron chi connectivity index (χ3n) is 3.55. The van der Waals surface area contributed by atoms with Crippen LogP contribution >= 0.6 is 23.2 Å². The van der Waals surface area contributed by atoms with Gasteiger partial charge >= 0.3 is 0 Å². The van der Waals surface area contributed by atoms with E-state index < -0.39 is 0 Å². The molecular formula is C14H18Cl2FN. The third-order valence-corrected chi connectivity index (χ3v) is 4.19. The fraction of sp³-hybridized carbons (Fsp3) is 0.571. The van der Waals surface area contributed by atoms with Gasteiger partial charge in [0.1, 0.15) is 5.82 Å². The number of halogens is 3. The molecule has 0 amide bonds. The van der Waals surface area contributed by atoms with Gasteiger partial charge in [0.05, 0.1) is 5.02 Å². The lowest BCUT2D eigenvalue weighted by Gasteiger charge is -2.32. The van der Waals surface area contributed by atoms with E-state index in [2.05, 4.69) is 4.90 Å². The maximum Gasteiger partial charge on any atom is 0.142 e. The molecule has 18 heavy (non-hydrogen) atoms. The zero-order chi connectivity index (χ0) is 13.0. The van der Waals surface area contributed by atoms with Crippen LogP contribution in [0.1, 0.15) is 24.8 Å². The number of piperidine rings is 1. The van der Waals surface area contributed by atoms with Gasteiger partial charge in [-0.3, -0.25) is 4.90 Å². The molecule has 1 fully saturated rings. The first kappa shape index (κ1) is 14.1. The molecule has 1 atom stereocenters. The van der Waals surface area contributed by atoms with E-state index >= 15 is 0 Å². The Morgan fingerprint density at radius 1 is 1.39 bits per heavy atom. The van der Waals surface area contributed by atoms with Crippen LogP contribution in [-0.4, -0.2) is 23.9 Å². The maximum atomic E-state index is 13.4. The minimum Gasteiger partial charge on any atom is -0.299 e. The summed E-state index contributed by atoms with van der Waals surface area (Å²) in [5, 5.41) is 0.261. The van der Waals surface area contributed by atoms with Crippen molar-refractivity contribution in [2.24, 2.45) is 5.92 Å². The van der Waals surface area contributed by atoms with Crippen molar-refractivity contribution in [3.8, 4) is 0 Å². The summed E-state index contributed by atoms with van der Waals surface area (Å²) in [6.45, 7) is 2.83. The molecule has 4 heteroatoms. The lowest BCUT2D eigenvalue weighted by molar-refractivity contribution is 0.165. The van der Waals surface area contributed by atoms with E-state index in [1.807, 2.05) is 6.07 Å². The molecule has 0 radical (unpaired) electrons. The second-order valence-corrected chi connectivity index (χ2v) is 5.69. The van der Waals surface area contributed by atoms with Crippen LogP contribution in [-0.2, 0) is 6.54 Å². The van der Waals surface area contributed by atoms with E-state index in [4.69, 9.17) is 23.2 Å². The van der Waals surface area contributed by atoms with Gasteiger partial charge in [0.25, 0.3) is 0 Å². The minimum atomic E-state index is -0.330. The maximum absolute atomic E-state index is 13.4. The molecule has 1 saturated heterocycles. The van der Waals surface area contributed by atoms with Gasteiger partial charge < -0.3 is 0 Å². The summed E-state index contributed by atoms with van der Waals surface area (Å²) in [6.07, 6.45) is 3.50. The zero-order valence-corrected chi connectivity index (χ0v) is 11.9. The van der Waals surface area contributed by atoms with Crippen molar-refractivity contribution in [2.45, 2.75) is 25.8 Å². The van der Waals surface area contributed by atoms with E-state index in [0.29, 0.717) is 5.92 Å². The van der Waals surface area contributed by atoms with Gasteiger partial charge in [-0.1, -0.05) is 23.7 Å². The molecule has 1 nitrogen and oxygen atoms in total. The normalized spacial score (nSPS) is 21.2. The van der Waals surface area contributed by atoms with Gasteiger partial charge in [0.2, 0.25) is 0 Å². The number of nitrogens with zero attached hydrogens (tertiary/aromatic N) is 1. The van der Waals surface area contributed by atoms with Crippen LogP contribution in [0.15, 0.2) is 18.2 Å². The van der Waals surface area contributed by atoms with Gasteiger partial charge in [-0.2, -0.15) is 0 Å². The number of hydrogen-bond acceptors (Lipinski definition) is 1. The van der Waals surface area contributed by atoms with Crippen molar-refractivity contribution < 1.29 is 4.39 Å². The molecule has 0 aliphatic carbocycles. The van der Waals surface area contributed by atoms with E-state index in [0.717, 1.165) is 37.5 Å². The highest BCUT2D eigenvalue weighted by Gasteiger charge is 2.20. The topological polar surface area (TPSA) is 3.24 Å². The summed E-state index contributed by atoms with van der Waals surface area (Å²) in [7, 11) is 0. The van der Waals surface area contributed by atoms with E-state index in [1.54, 1.807) is 6.07 Å². The number of alkyl halides is 1. The second-order valence-electron chi connectivity index (χ2n) is 4.93. The Hall–Kier alpha value is -0.310. The summed E-state index contributed by atoms with van der Waals surface area (Å²) in [4.78, 5) is 2.35. The van der Waals surface area contributed by atoms with Crippen molar-refractivity contribution in [1.29, 1.82) is 0 Å². The molecule has 2 rings (SSSR count). The van der Waals surface area contributed by atoms with E-state index in [1.165, 1.54) is 18.9 Å². The van der Waals surface area contributed by atoms with Crippen LogP contribution in [0.4, 0.5) is 4.39 Å². The molecular weight excluding hydrogens is 272 g/mol. The monoisotopic (exact) mass is 289 g/mol. The first-order chi connectivity index (χ1) is 8.70. The highest BCUT2D eigenvalue weighted by Crippen LogP contribution is 2.25. The molecule has 0 saturated carbocycles. The Balaban J connectivity index is 1.98. The van der Waals surface area contributed by atoms with Crippen LogP contribution in [0.25, 0.3) is 0 Å². The van der Waals surface area contributed by atoms with Gasteiger partial charge in [0.15, 0.2) is 0 Å².